The van der Waals surface area contributed by atoms with Crippen molar-refractivity contribution in [1.29, 1.82) is 0 Å². The van der Waals surface area contributed by atoms with Crippen molar-refractivity contribution < 1.29 is 5.11 Å². The molecule has 3 aliphatic rings. The smallest absolute Gasteiger partial charge is 0.127 e. The van der Waals surface area contributed by atoms with Crippen molar-refractivity contribution in [3.05, 3.63) is 70.9 Å². The number of hydrogen-bond acceptors (Lipinski definition) is 1. The van der Waals surface area contributed by atoms with Crippen LogP contribution in [0.2, 0.25) is 0 Å². The van der Waals surface area contributed by atoms with Crippen molar-refractivity contribution >= 4 is 50.8 Å². The second-order valence-electron chi connectivity index (χ2n) is 7.26. The highest BCUT2D eigenvalue weighted by molar-refractivity contribution is 14.1. The van der Waals surface area contributed by atoms with Crippen molar-refractivity contribution in [2.75, 3.05) is 0 Å². The van der Waals surface area contributed by atoms with E-state index in [9.17, 15) is 5.11 Å². The fourth-order valence-corrected chi connectivity index (χ4v) is 5.70. The molecule has 0 amide bonds. The van der Waals surface area contributed by atoms with E-state index < -0.39 is 0 Å². The van der Waals surface area contributed by atoms with E-state index in [0.717, 1.165) is 17.5 Å². The van der Waals surface area contributed by atoms with Crippen LogP contribution in [0.15, 0.2) is 54.2 Å². The minimum absolute atomic E-state index is 0.000884. The van der Waals surface area contributed by atoms with Crippen molar-refractivity contribution in [3.63, 3.8) is 0 Å². The molecule has 1 aromatic carbocycles. The number of phenols is 1. The van der Waals surface area contributed by atoms with Crippen molar-refractivity contribution in [1.82, 2.24) is 0 Å². The van der Waals surface area contributed by atoms with Gasteiger partial charge in [-0.05, 0) is 17.6 Å². The first-order chi connectivity index (χ1) is 11.4. The second kappa shape index (κ2) is 6.01. The third-order valence-corrected chi connectivity index (χ3v) is 7.57. The van der Waals surface area contributed by atoms with E-state index in [1.807, 2.05) is 0 Å². The SMILES string of the molecule is CC1(C)C2=C(C=CC(I)C2)c2c1ccc(C1C=CC=CC1I)c2O. The largest absolute Gasteiger partial charge is 0.507 e. The Labute approximate surface area is 170 Å². The highest BCUT2D eigenvalue weighted by Gasteiger charge is 2.41. The standard InChI is InChI=1S/C21H20I2O/c1-21(2)16-10-9-14(13-5-3-4-6-18(13)23)20(24)19(16)15-8-7-12(22)11-17(15)21/h3-10,12-13,18,24H,11H2,1-2H3. The molecule has 0 heterocycles. The zero-order chi connectivity index (χ0) is 17.1. The Balaban J connectivity index is 1.89. The number of halogens is 2. The van der Waals surface area contributed by atoms with Crippen LogP contribution in [0.5, 0.6) is 5.75 Å². The Morgan fingerprint density at radius 1 is 1.08 bits per heavy atom. The third-order valence-electron chi connectivity index (χ3n) is 5.53. The van der Waals surface area contributed by atoms with Crippen molar-refractivity contribution in [3.8, 4) is 5.75 Å². The highest BCUT2D eigenvalue weighted by atomic mass is 127. The van der Waals surface area contributed by atoms with Crippen LogP contribution in [0.25, 0.3) is 5.57 Å². The number of allylic oxidation sites excluding steroid dienone is 8. The zero-order valence-electron chi connectivity index (χ0n) is 13.8. The zero-order valence-corrected chi connectivity index (χ0v) is 18.1. The van der Waals surface area contributed by atoms with E-state index >= 15 is 0 Å². The Kier molecular flexibility index (Phi) is 4.23. The number of fused-ring (bicyclic) bond motifs is 2. The van der Waals surface area contributed by atoms with Crippen molar-refractivity contribution in [2.24, 2.45) is 0 Å². The summed E-state index contributed by atoms with van der Waals surface area (Å²) in [5, 5.41) is 11.2. The summed E-state index contributed by atoms with van der Waals surface area (Å²) in [6.45, 7) is 4.58. The molecule has 0 aliphatic heterocycles. The maximum Gasteiger partial charge on any atom is 0.127 e. The summed E-state index contributed by atoms with van der Waals surface area (Å²) in [6.07, 6.45) is 14.1. The Morgan fingerprint density at radius 2 is 1.83 bits per heavy atom. The lowest BCUT2D eigenvalue weighted by molar-refractivity contribution is 0.462. The van der Waals surface area contributed by atoms with E-state index in [1.54, 1.807) is 0 Å². The number of alkyl halides is 2. The summed E-state index contributed by atoms with van der Waals surface area (Å²) in [5.41, 5.74) is 6.10. The summed E-state index contributed by atoms with van der Waals surface area (Å²) in [6, 6.07) is 4.38. The van der Waals surface area contributed by atoms with Gasteiger partial charge in [0.25, 0.3) is 0 Å². The number of benzene rings is 1. The van der Waals surface area contributed by atoms with E-state index in [1.165, 1.54) is 16.7 Å². The molecule has 0 bridgehead atoms. The molecule has 24 heavy (non-hydrogen) atoms. The number of rotatable bonds is 1. The van der Waals surface area contributed by atoms with Gasteiger partial charge in [-0.3, -0.25) is 0 Å². The summed E-state index contributed by atoms with van der Waals surface area (Å²) in [4.78, 5) is 0. The van der Waals surface area contributed by atoms with Gasteiger partial charge in [0.15, 0.2) is 0 Å². The molecule has 1 aromatic rings. The fraction of sp³-hybridized carbons (Fsp3) is 0.333. The average molecular weight is 542 g/mol. The molecule has 3 heteroatoms. The van der Waals surface area contributed by atoms with E-state index in [-0.39, 0.29) is 11.3 Å². The quantitative estimate of drug-likeness (QED) is 0.331. The topological polar surface area (TPSA) is 20.2 Å². The van der Waals surface area contributed by atoms with Crippen LogP contribution in [0.4, 0.5) is 0 Å². The third kappa shape index (κ3) is 2.45. The lowest BCUT2D eigenvalue weighted by Crippen LogP contribution is -2.20. The Bertz CT molecular complexity index is 826. The van der Waals surface area contributed by atoms with Gasteiger partial charge >= 0.3 is 0 Å². The first-order valence-corrected chi connectivity index (χ1v) is 10.8. The maximum atomic E-state index is 11.2. The summed E-state index contributed by atoms with van der Waals surface area (Å²) in [7, 11) is 0. The predicted octanol–water partition coefficient (Wildman–Crippen LogP) is 6.21. The molecule has 0 spiro atoms. The molecular weight excluding hydrogens is 522 g/mol. The normalized spacial score (nSPS) is 29.8. The van der Waals surface area contributed by atoms with Crippen LogP contribution in [-0.4, -0.2) is 13.0 Å². The molecular formula is C21H20I2O. The molecule has 4 rings (SSSR count). The van der Waals surface area contributed by atoms with Gasteiger partial charge in [0.2, 0.25) is 0 Å². The average Bonchev–Trinajstić information content (AvgIpc) is 2.77. The van der Waals surface area contributed by atoms with Crippen molar-refractivity contribution in [2.45, 2.75) is 39.5 Å². The molecule has 0 saturated heterocycles. The molecule has 3 unspecified atom stereocenters. The van der Waals surface area contributed by atoms with E-state index in [4.69, 9.17) is 0 Å². The van der Waals surface area contributed by atoms with Gasteiger partial charge in [0.1, 0.15) is 5.75 Å². The molecule has 1 N–H and O–H groups in total. The van der Waals surface area contributed by atoms with Gasteiger partial charge in [-0.1, -0.05) is 113 Å². The number of phenolic OH excluding ortho intramolecular Hbond substituents is 1. The van der Waals surface area contributed by atoms with Gasteiger partial charge in [0.05, 0.1) is 0 Å². The second-order valence-corrected chi connectivity index (χ2v) is 10.3. The summed E-state index contributed by atoms with van der Waals surface area (Å²) < 4.78 is 0.918. The lowest BCUT2D eigenvalue weighted by Gasteiger charge is -2.27. The first-order valence-electron chi connectivity index (χ1n) is 8.33. The number of aromatic hydroxyl groups is 1. The molecule has 0 aromatic heterocycles. The summed E-state index contributed by atoms with van der Waals surface area (Å²) >= 11 is 4.96. The lowest BCUT2D eigenvalue weighted by atomic mass is 9.78. The van der Waals surface area contributed by atoms with E-state index in [0.29, 0.717) is 13.6 Å². The van der Waals surface area contributed by atoms with Crippen LogP contribution in [0, 0.1) is 0 Å². The van der Waals surface area contributed by atoms with Gasteiger partial charge in [0, 0.05) is 30.3 Å². The molecule has 3 atom stereocenters. The monoisotopic (exact) mass is 542 g/mol. The molecule has 0 fully saturated rings. The number of hydrogen-bond donors (Lipinski definition) is 1. The first kappa shape index (κ1) is 16.9. The highest BCUT2D eigenvalue weighted by Crippen LogP contribution is 2.55. The minimum Gasteiger partial charge on any atom is -0.507 e. The van der Waals surface area contributed by atoms with Crippen LogP contribution < -0.4 is 0 Å². The van der Waals surface area contributed by atoms with Gasteiger partial charge in [-0.15, -0.1) is 0 Å². The van der Waals surface area contributed by atoms with Crippen LogP contribution >= 0.6 is 45.2 Å². The molecule has 0 radical (unpaired) electrons. The molecule has 0 saturated carbocycles. The Hall–Kier alpha value is -0.560. The van der Waals surface area contributed by atoms with Crippen LogP contribution in [-0.2, 0) is 5.41 Å². The van der Waals surface area contributed by atoms with Gasteiger partial charge in [-0.25, -0.2) is 0 Å². The molecule has 1 nitrogen and oxygen atoms in total. The van der Waals surface area contributed by atoms with E-state index in [2.05, 4.69) is 108 Å². The minimum atomic E-state index is 0.000884. The van der Waals surface area contributed by atoms with Crippen LogP contribution in [0.3, 0.4) is 0 Å². The maximum absolute atomic E-state index is 11.2. The van der Waals surface area contributed by atoms with Crippen LogP contribution in [0.1, 0.15) is 42.9 Å². The summed E-state index contributed by atoms with van der Waals surface area (Å²) in [5.74, 6) is 0.715. The Morgan fingerprint density at radius 3 is 2.58 bits per heavy atom. The predicted molar refractivity (Wildman–Crippen MR) is 118 cm³/mol. The van der Waals surface area contributed by atoms with Gasteiger partial charge in [-0.2, -0.15) is 0 Å². The molecule has 3 aliphatic carbocycles. The fourth-order valence-electron chi connectivity index (χ4n) is 4.19. The van der Waals surface area contributed by atoms with Gasteiger partial charge < -0.3 is 5.11 Å². The molecule has 124 valence electrons.